The predicted octanol–water partition coefficient (Wildman–Crippen LogP) is 9.52. The zero-order valence-electron chi connectivity index (χ0n) is 32.3. The fourth-order valence-corrected chi connectivity index (χ4v) is 8.00. The molecule has 8 atom stereocenters. The molecule has 0 saturated carbocycles. The molecule has 4 aromatic carbocycles. The Morgan fingerprint density at radius 1 is 0.467 bits per heavy atom. The van der Waals surface area contributed by atoms with Crippen LogP contribution in [0.4, 0.5) is 0 Å². The molecule has 0 aliphatic carbocycles. The Labute approximate surface area is 367 Å². The molecule has 2 unspecified atom stereocenters. The van der Waals surface area contributed by atoms with Crippen LogP contribution in [0.15, 0.2) is 146 Å². The summed E-state index contributed by atoms with van der Waals surface area (Å²) in [6, 6.07) is 35.2. The van der Waals surface area contributed by atoms with Crippen molar-refractivity contribution in [3.63, 3.8) is 0 Å². The topological polar surface area (TPSA) is 125 Å². The van der Waals surface area contributed by atoms with E-state index < -0.39 is 48.7 Å². The van der Waals surface area contributed by atoms with E-state index in [1.54, 1.807) is 121 Å². The van der Waals surface area contributed by atoms with Gasteiger partial charge in [-0.15, -0.1) is 0 Å². The molecule has 8 rings (SSSR count). The molecule has 2 amide bonds. The van der Waals surface area contributed by atoms with Gasteiger partial charge in [0.05, 0.1) is 12.1 Å². The van der Waals surface area contributed by atoms with E-state index in [1.165, 1.54) is 0 Å². The van der Waals surface area contributed by atoms with Crippen LogP contribution >= 0.6 is 46.4 Å². The molecule has 0 radical (unpaired) electrons. The number of morpholine rings is 2. The van der Waals surface area contributed by atoms with Gasteiger partial charge in [-0.3, -0.25) is 19.6 Å². The minimum atomic E-state index is -1.12. The molecular formula is C46H40Cl4N4O6. The summed E-state index contributed by atoms with van der Waals surface area (Å²) in [6.45, 7) is 0. The minimum absolute atomic E-state index is 0.301. The lowest BCUT2D eigenvalue weighted by atomic mass is 9.90. The number of halogens is 4. The van der Waals surface area contributed by atoms with Gasteiger partial charge in [-0.1, -0.05) is 94.9 Å². The number of hydrogen-bond donors (Lipinski definition) is 2. The van der Waals surface area contributed by atoms with Crippen molar-refractivity contribution in [3.8, 4) is 0 Å². The molecule has 4 heterocycles. The third-order valence-electron chi connectivity index (χ3n) is 10.7. The van der Waals surface area contributed by atoms with Crippen LogP contribution in [-0.2, 0) is 19.1 Å². The monoisotopic (exact) mass is 884 g/mol. The first-order valence-corrected chi connectivity index (χ1v) is 20.4. The van der Waals surface area contributed by atoms with E-state index in [1.807, 2.05) is 48.5 Å². The summed E-state index contributed by atoms with van der Waals surface area (Å²) in [6.07, 6.45) is 0.924. The fourth-order valence-electron chi connectivity index (χ4n) is 7.50. The smallest absolute Gasteiger partial charge is 0.255 e. The van der Waals surface area contributed by atoms with Gasteiger partial charge in [-0.05, 0) is 106 Å². The molecule has 2 N–H and O–H groups in total. The molecular weight excluding hydrogens is 846 g/mol. The number of likely N-dealkylation sites (N-methyl/N-ethyl adjacent to an activating group) is 2. The summed E-state index contributed by atoms with van der Waals surface area (Å²) in [5.41, 5.74) is 4.60. The Hall–Kier alpha value is -4.88. The highest BCUT2D eigenvalue weighted by atomic mass is 35.5. The lowest BCUT2D eigenvalue weighted by molar-refractivity contribution is -0.186. The van der Waals surface area contributed by atoms with Gasteiger partial charge in [-0.25, -0.2) is 0 Å². The van der Waals surface area contributed by atoms with Crippen molar-refractivity contribution in [2.45, 2.75) is 48.7 Å². The molecule has 2 aliphatic heterocycles. The number of nitrogens with zero attached hydrogens (tertiary/aromatic N) is 4. The summed E-state index contributed by atoms with van der Waals surface area (Å²) in [5, 5.41) is 24.2. The second-order valence-corrected chi connectivity index (χ2v) is 16.1. The zero-order chi connectivity index (χ0) is 42.5. The first kappa shape index (κ1) is 43.2. The van der Waals surface area contributed by atoms with Crippen molar-refractivity contribution < 1.29 is 29.3 Å². The Bertz CT molecular complexity index is 2190. The average Bonchev–Trinajstić information content (AvgIpc) is 3.27. The first-order chi connectivity index (χ1) is 28.9. The van der Waals surface area contributed by atoms with Crippen LogP contribution in [0.2, 0.25) is 20.1 Å². The first-order valence-electron chi connectivity index (χ1n) is 18.9. The highest BCUT2D eigenvalue weighted by molar-refractivity contribution is 6.31. The number of aliphatic hydroxyl groups excluding tert-OH is 2. The average molecular weight is 887 g/mol. The van der Waals surface area contributed by atoms with E-state index in [0.717, 1.165) is 22.3 Å². The largest absolute Gasteiger partial charge is 0.385 e. The third-order valence-corrected chi connectivity index (χ3v) is 11.7. The Morgan fingerprint density at radius 2 is 0.733 bits per heavy atom. The highest BCUT2D eigenvalue weighted by Crippen LogP contribution is 2.45. The molecule has 2 saturated heterocycles. The number of pyridine rings is 2. The fraction of sp³-hybridized carbons (Fsp3) is 0.217. The Kier molecular flexibility index (Phi) is 13.8. The Balaban J connectivity index is 0.000000181. The molecule has 308 valence electrons. The van der Waals surface area contributed by atoms with E-state index in [9.17, 15) is 19.8 Å². The van der Waals surface area contributed by atoms with Crippen LogP contribution in [0.3, 0.4) is 0 Å². The second-order valence-electron chi connectivity index (χ2n) is 14.4. The van der Waals surface area contributed by atoms with E-state index in [4.69, 9.17) is 55.9 Å². The van der Waals surface area contributed by atoms with Crippen LogP contribution in [0.1, 0.15) is 69.9 Å². The molecule has 2 aliphatic rings. The molecule has 14 heteroatoms. The van der Waals surface area contributed by atoms with Crippen molar-refractivity contribution >= 4 is 58.2 Å². The molecule has 10 nitrogen and oxygen atoms in total. The minimum Gasteiger partial charge on any atom is -0.385 e. The number of aromatic nitrogens is 2. The van der Waals surface area contributed by atoms with E-state index >= 15 is 0 Å². The van der Waals surface area contributed by atoms with Gasteiger partial charge >= 0.3 is 0 Å². The molecule has 6 aromatic rings. The molecule has 0 bridgehead atoms. The second kappa shape index (κ2) is 19.2. The van der Waals surface area contributed by atoms with E-state index in [0.29, 0.717) is 31.2 Å². The number of rotatable bonds is 8. The maximum Gasteiger partial charge on any atom is 0.255 e. The molecule has 0 spiro atoms. The number of aliphatic hydroxyl groups is 2. The van der Waals surface area contributed by atoms with Crippen molar-refractivity contribution in [2.75, 3.05) is 14.1 Å². The van der Waals surface area contributed by atoms with Crippen LogP contribution in [-0.4, -0.2) is 68.1 Å². The van der Waals surface area contributed by atoms with Crippen LogP contribution in [0.25, 0.3) is 0 Å². The van der Waals surface area contributed by atoms with Crippen molar-refractivity contribution in [1.82, 2.24) is 19.8 Å². The standard InChI is InChI=1S/2C23H20Cl2N2O3/c2*1-27-19(14-2-6-17(24)7-3-14)21(16-4-8-18(25)9-5-16)30-22(23(27)29)20(28)15-10-12-26-13-11-15/h2*2-13,19-22,28H,1H3/t2*19-,20?,21+,22+/m10/s1. The van der Waals surface area contributed by atoms with E-state index in [-0.39, 0.29) is 11.8 Å². The van der Waals surface area contributed by atoms with Crippen molar-refractivity contribution in [1.29, 1.82) is 0 Å². The van der Waals surface area contributed by atoms with Gasteiger partial charge in [0, 0.05) is 59.0 Å². The maximum atomic E-state index is 13.2. The number of carbonyl (C=O) groups excluding carboxylic acids is 2. The van der Waals surface area contributed by atoms with Gasteiger partial charge in [-0.2, -0.15) is 0 Å². The number of ether oxygens (including phenoxy) is 2. The van der Waals surface area contributed by atoms with E-state index in [2.05, 4.69) is 9.97 Å². The number of hydrogen-bond acceptors (Lipinski definition) is 8. The number of amides is 2. The normalized spacial score (nSPS) is 22.7. The van der Waals surface area contributed by atoms with Gasteiger partial charge in [0.25, 0.3) is 11.8 Å². The molecule has 2 aromatic heterocycles. The van der Waals surface area contributed by atoms with Crippen LogP contribution in [0, 0.1) is 0 Å². The van der Waals surface area contributed by atoms with Gasteiger partial charge < -0.3 is 29.5 Å². The number of benzene rings is 4. The van der Waals surface area contributed by atoms with Crippen LogP contribution < -0.4 is 0 Å². The lowest BCUT2D eigenvalue weighted by Crippen LogP contribution is -2.51. The quantitative estimate of drug-likeness (QED) is 0.155. The van der Waals surface area contributed by atoms with Gasteiger partial charge in [0.15, 0.2) is 12.2 Å². The Morgan fingerprint density at radius 3 is 1.02 bits per heavy atom. The molecule has 60 heavy (non-hydrogen) atoms. The lowest BCUT2D eigenvalue weighted by Gasteiger charge is -2.44. The van der Waals surface area contributed by atoms with Crippen LogP contribution in [0.5, 0.6) is 0 Å². The summed E-state index contributed by atoms with van der Waals surface area (Å²) in [5.74, 6) is -0.603. The summed E-state index contributed by atoms with van der Waals surface area (Å²) in [4.78, 5) is 37.6. The van der Waals surface area contributed by atoms with Gasteiger partial charge in [0.1, 0.15) is 24.4 Å². The molecule has 2 fully saturated rings. The summed E-state index contributed by atoms with van der Waals surface area (Å²) >= 11 is 24.2. The zero-order valence-corrected chi connectivity index (χ0v) is 35.3. The van der Waals surface area contributed by atoms with Gasteiger partial charge in [0.2, 0.25) is 0 Å². The third kappa shape index (κ3) is 9.52. The SMILES string of the molecule is CN1C(=O)[C@@H](C(O)c2ccncc2)O[C@H](c2ccc(Cl)cc2)[C@@H]1c1ccc(Cl)cc1.CN1C(=O)[C@H](C(O)c2ccncc2)O[C@@H](c2ccc(Cl)cc2)[C@H]1c1ccc(Cl)cc1. The van der Waals surface area contributed by atoms with Crippen molar-refractivity contribution in [3.05, 3.63) is 200 Å². The number of carbonyl (C=O) groups is 2. The van der Waals surface area contributed by atoms with Crippen molar-refractivity contribution in [2.24, 2.45) is 0 Å². The summed E-state index contributed by atoms with van der Waals surface area (Å²) < 4.78 is 12.5. The maximum absolute atomic E-state index is 13.2. The summed E-state index contributed by atoms with van der Waals surface area (Å²) in [7, 11) is 3.44. The highest BCUT2D eigenvalue weighted by Gasteiger charge is 2.47. The predicted molar refractivity (Wildman–Crippen MR) is 230 cm³/mol.